The second kappa shape index (κ2) is 6.08. The van der Waals surface area contributed by atoms with Crippen LogP contribution in [-0.2, 0) is 10.0 Å². The monoisotopic (exact) mass is 285 g/mol. The van der Waals surface area contributed by atoms with E-state index in [1.165, 1.54) is 4.31 Å². The minimum atomic E-state index is -3.04. The van der Waals surface area contributed by atoms with Gasteiger partial charge in [-0.25, -0.2) is 12.7 Å². The van der Waals surface area contributed by atoms with Gasteiger partial charge in [0, 0.05) is 18.4 Å². The molecule has 0 saturated heterocycles. The summed E-state index contributed by atoms with van der Waals surface area (Å²) in [5, 5.41) is 0. The Morgan fingerprint density at radius 1 is 1.29 bits per heavy atom. The van der Waals surface area contributed by atoms with Gasteiger partial charge in [-0.2, -0.15) is 0 Å². The first-order valence-corrected chi connectivity index (χ1v) is 7.36. The number of hydrogen-bond acceptors (Lipinski definition) is 2. The topological polar surface area (TPSA) is 37.4 Å². The van der Waals surface area contributed by atoms with E-state index in [9.17, 15) is 8.42 Å². The normalized spacial score (nSPS) is 15.1. The lowest BCUT2D eigenvalue weighted by molar-refractivity contribution is 0.456. The fourth-order valence-electron chi connectivity index (χ4n) is 1.05. The molecule has 0 N–H and O–H groups in total. The van der Waals surface area contributed by atoms with Crippen LogP contribution in [0.3, 0.4) is 0 Å². The molecule has 0 aromatic rings. The highest BCUT2D eigenvalue weighted by molar-refractivity contribution is 9.09. The van der Waals surface area contributed by atoms with E-state index < -0.39 is 10.0 Å². The first-order valence-electron chi connectivity index (χ1n) is 4.83. The third kappa shape index (κ3) is 5.98. The summed E-state index contributed by atoms with van der Waals surface area (Å²) in [6.45, 7) is 6.43. The fourth-order valence-corrected chi connectivity index (χ4v) is 2.73. The zero-order chi connectivity index (χ0) is 11.4. The van der Waals surface area contributed by atoms with Crippen molar-refractivity contribution in [3.63, 3.8) is 0 Å². The van der Waals surface area contributed by atoms with Gasteiger partial charge in [0.25, 0.3) is 0 Å². The second-order valence-corrected chi connectivity index (χ2v) is 7.75. The zero-order valence-corrected chi connectivity index (χ0v) is 11.7. The van der Waals surface area contributed by atoms with Crippen molar-refractivity contribution < 1.29 is 8.42 Å². The van der Waals surface area contributed by atoms with Crippen LogP contribution in [0.4, 0.5) is 0 Å². The molecule has 0 saturated carbocycles. The summed E-state index contributed by atoms with van der Waals surface area (Å²) in [6, 6.07) is 0. The lowest BCUT2D eigenvalue weighted by Crippen LogP contribution is -2.32. The largest absolute Gasteiger partial charge is 0.214 e. The van der Waals surface area contributed by atoms with Crippen LogP contribution in [0.25, 0.3) is 0 Å². The number of halogens is 1. The lowest BCUT2D eigenvalue weighted by Gasteiger charge is -2.18. The molecule has 0 aromatic carbocycles. The van der Waals surface area contributed by atoms with Crippen LogP contribution in [0.1, 0.15) is 27.2 Å². The van der Waals surface area contributed by atoms with Crippen LogP contribution < -0.4 is 0 Å². The van der Waals surface area contributed by atoms with E-state index in [1.54, 1.807) is 7.05 Å². The molecule has 5 heteroatoms. The number of rotatable bonds is 6. The van der Waals surface area contributed by atoms with Gasteiger partial charge in [-0.05, 0) is 12.3 Å². The van der Waals surface area contributed by atoms with Crippen molar-refractivity contribution in [2.45, 2.75) is 32.0 Å². The Balaban J connectivity index is 4.15. The van der Waals surface area contributed by atoms with E-state index >= 15 is 0 Å². The molecule has 0 spiro atoms. The molecule has 1 atom stereocenters. The van der Waals surface area contributed by atoms with Crippen LogP contribution in [0.15, 0.2) is 0 Å². The summed E-state index contributed by atoms with van der Waals surface area (Å²) >= 11 is 3.40. The van der Waals surface area contributed by atoms with Crippen LogP contribution >= 0.6 is 15.9 Å². The van der Waals surface area contributed by atoms with Crippen LogP contribution in [0, 0.1) is 5.92 Å². The Hall–Kier alpha value is 0.390. The molecule has 0 aliphatic heterocycles. The molecular formula is C9H20BrNO2S. The Kier molecular flexibility index (Phi) is 6.25. The highest BCUT2D eigenvalue weighted by Crippen LogP contribution is 2.09. The van der Waals surface area contributed by atoms with Crippen molar-refractivity contribution >= 4 is 26.0 Å². The third-order valence-electron chi connectivity index (χ3n) is 1.86. The molecule has 3 nitrogen and oxygen atoms in total. The Morgan fingerprint density at radius 2 is 1.79 bits per heavy atom. The fraction of sp³-hybridized carbons (Fsp3) is 1.00. The van der Waals surface area contributed by atoms with Gasteiger partial charge in [-0.1, -0.05) is 36.7 Å². The van der Waals surface area contributed by atoms with Gasteiger partial charge in [0.05, 0.1) is 5.75 Å². The second-order valence-electron chi connectivity index (χ2n) is 4.06. The maximum atomic E-state index is 11.7. The number of hydrogen-bond donors (Lipinski definition) is 0. The van der Waals surface area contributed by atoms with Gasteiger partial charge in [-0.15, -0.1) is 0 Å². The highest BCUT2D eigenvalue weighted by Gasteiger charge is 2.19. The molecule has 0 bridgehead atoms. The van der Waals surface area contributed by atoms with E-state index in [4.69, 9.17) is 0 Å². The first kappa shape index (κ1) is 14.4. The van der Waals surface area contributed by atoms with Crippen LogP contribution in [-0.4, -0.2) is 36.9 Å². The summed E-state index contributed by atoms with van der Waals surface area (Å²) in [5.41, 5.74) is 0. The van der Waals surface area contributed by atoms with Gasteiger partial charge in [0.1, 0.15) is 0 Å². The summed E-state index contributed by atoms with van der Waals surface area (Å²) in [4.78, 5) is 0.360. The van der Waals surface area contributed by atoms with Gasteiger partial charge in [-0.3, -0.25) is 0 Å². The van der Waals surface area contributed by atoms with Crippen LogP contribution in [0.5, 0.6) is 0 Å². The Bertz CT molecular complexity index is 250. The molecule has 0 aromatic heterocycles. The Labute approximate surface area is 96.0 Å². The van der Waals surface area contributed by atoms with Crippen molar-refractivity contribution in [2.24, 2.45) is 5.92 Å². The predicted molar refractivity (Wildman–Crippen MR) is 64.3 cm³/mol. The quantitative estimate of drug-likeness (QED) is 0.701. The standard InChI is InChI=1S/C9H20BrNO2S/c1-8(2)7-14(12,13)11(4)6-5-9(3)10/h8-9H,5-7H2,1-4H3. The average molecular weight is 286 g/mol. The minimum Gasteiger partial charge on any atom is -0.212 e. The average Bonchev–Trinajstić information content (AvgIpc) is 1.97. The van der Waals surface area contributed by atoms with E-state index in [0.29, 0.717) is 11.4 Å². The molecular weight excluding hydrogens is 266 g/mol. The van der Waals surface area contributed by atoms with Gasteiger partial charge in [0.2, 0.25) is 10.0 Å². The molecule has 1 unspecified atom stereocenters. The maximum Gasteiger partial charge on any atom is 0.214 e. The number of alkyl halides is 1. The molecule has 0 aliphatic rings. The van der Waals surface area contributed by atoms with E-state index in [1.807, 2.05) is 20.8 Å². The van der Waals surface area contributed by atoms with Crippen LogP contribution in [0.2, 0.25) is 0 Å². The maximum absolute atomic E-state index is 11.7. The molecule has 0 radical (unpaired) electrons. The SMILES string of the molecule is CC(C)CS(=O)(=O)N(C)CCC(C)Br. The zero-order valence-electron chi connectivity index (χ0n) is 9.33. The summed E-state index contributed by atoms with van der Waals surface area (Å²) in [7, 11) is -1.40. The molecule has 86 valence electrons. The summed E-state index contributed by atoms with van der Waals surface area (Å²) in [5.74, 6) is 0.420. The van der Waals surface area contributed by atoms with Crippen molar-refractivity contribution in [1.82, 2.24) is 4.31 Å². The van der Waals surface area contributed by atoms with E-state index in [-0.39, 0.29) is 11.7 Å². The van der Waals surface area contributed by atoms with E-state index in [0.717, 1.165) is 6.42 Å². The predicted octanol–water partition coefficient (Wildman–Crippen LogP) is 2.08. The lowest BCUT2D eigenvalue weighted by atomic mass is 10.3. The van der Waals surface area contributed by atoms with E-state index in [2.05, 4.69) is 15.9 Å². The van der Waals surface area contributed by atoms with Crippen molar-refractivity contribution in [1.29, 1.82) is 0 Å². The molecule has 14 heavy (non-hydrogen) atoms. The Morgan fingerprint density at radius 3 is 2.14 bits per heavy atom. The molecule has 0 heterocycles. The highest BCUT2D eigenvalue weighted by atomic mass is 79.9. The number of nitrogens with zero attached hydrogens (tertiary/aromatic N) is 1. The van der Waals surface area contributed by atoms with Gasteiger partial charge >= 0.3 is 0 Å². The third-order valence-corrected chi connectivity index (χ3v) is 4.54. The molecule has 0 rings (SSSR count). The summed E-state index contributed by atoms with van der Waals surface area (Å²) < 4.78 is 24.8. The van der Waals surface area contributed by atoms with Gasteiger partial charge in [0.15, 0.2) is 0 Å². The van der Waals surface area contributed by atoms with Crippen molar-refractivity contribution in [3.8, 4) is 0 Å². The molecule has 0 fully saturated rings. The molecule has 0 amide bonds. The van der Waals surface area contributed by atoms with Crippen molar-refractivity contribution in [2.75, 3.05) is 19.3 Å². The van der Waals surface area contributed by atoms with Crippen molar-refractivity contribution in [3.05, 3.63) is 0 Å². The molecule has 0 aliphatic carbocycles. The smallest absolute Gasteiger partial charge is 0.212 e. The number of sulfonamides is 1. The minimum absolute atomic E-state index is 0.184. The first-order chi connectivity index (χ1) is 6.25. The van der Waals surface area contributed by atoms with Gasteiger partial charge < -0.3 is 0 Å². The summed E-state index contributed by atoms with van der Waals surface area (Å²) in [6.07, 6.45) is 0.841.